The summed E-state index contributed by atoms with van der Waals surface area (Å²) in [6.45, 7) is 0. The van der Waals surface area contributed by atoms with E-state index in [9.17, 15) is 23.1 Å². The molecule has 9 heteroatoms. The van der Waals surface area contributed by atoms with Gasteiger partial charge < -0.3 is 15.5 Å². The molecule has 0 heterocycles. The number of hydrogen-bond donors (Lipinski definition) is 4. The first-order valence-electron chi connectivity index (χ1n) is 6.13. The minimum absolute atomic E-state index is 0.254. The number of carboxylic acids is 1. The van der Waals surface area contributed by atoms with Crippen LogP contribution >= 0.6 is 0 Å². The Labute approximate surface area is 130 Å². The summed E-state index contributed by atoms with van der Waals surface area (Å²) in [7, 11) is -4.49. The lowest BCUT2D eigenvalue weighted by molar-refractivity contribution is -0.131. The van der Waals surface area contributed by atoms with Crippen LogP contribution in [0.2, 0.25) is 0 Å². The number of aliphatic carboxylic acids is 1. The second kappa shape index (κ2) is 6.07. The Balaban J connectivity index is 2.41. The molecule has 0 bridgehead atoms. The van der Waals surface area contributed by atoms with Gasteiger partial charge in [0.05, 0.1) is 4.90 Å². The van der Waals surface area contributed by atoms with E-state index in [1.807, 2.05) is 0 Å². The lowest BCUT2D eigenvalue weighted by Crippen LogP contribution is -2.08. The zero-order valence-corrected chi connectivity index (χ0v) is 12.2. The third-order valence-corrected chi connectivity index (χ3v) is 3.68. The number of phenolic OH excluding ortho intramolecular Hbond substituents is 1. The maximum atomic E-state index is 11.5. The topological polar surface area (TPSA) is 141 Å². The lowest BCUT2D eigenvalue weighted by atomic mass is 10.1. The van der Waals surface area contributed by atoms with E-state index in [-0.39, 0.29) is 16.8 Å². The summed E-state index contributed by atoms with van der Waals surface area (Å²) in [5.74, 6) is -2.32. The maximum Gasteiger partial charge on any atom is 0.328 e. The molecule has 0 aliphatic rings. The molecular weight excluding hydrogens is 326 g/mol. The minimum atomic E-state index is -4.49. The highest BCUT2D eigenvalue weighted by atomic mass is 32.2. The molecule has 0 saturated carbocycles. The fourth-order valence-corrected chi connectivity index (χ4v) is 2.42. The summed E-state index contributed by atoms with van der Waals surface area (Å²) >= 11 is 0. The van der Waals surface area contributed by atoms with E-state index in [2.05, 4.69) is 5.32 Å². The van der Waals surface area contributed by atoms with Crippen LogP contribution in [0.1, 0.15) is 0 Å². The first-order valence-corrected chi connectivity index (χ1v) is 7.57. The zero-order valence-electron chi connectivity index (χ0n) is 11.4. The third kappa shape index (κ3) is 4.05. The van der Waals surface area contributed by atoms with Crippen LogP contribution in [0.4, 0.5) is 5.69 Å². The Bertz CT molecular complexity index is 932. The fourth-order valence-electron chi connectivity index (χ4n) is 1.88. The molecule has 2 rings (SSSR count). The van der Waals surface area contributed by atoms with Crippen LogP contribution in [0.15, 0.2) is 47.4 Å². The first kappa shape index (κ1) is 16.5. The van der Waals surface area contributed by atoms with Gasteiger partial charge in [-0.3, -0.25) is 9.35 Å². The molecule has 0 aliphatic carbocycles. The van der Waals surface area contributed by atoms with Gasteiger partial charge in [0.15, 0.2) is 0 Å². The van der Waals surface area contributed by atoms with Crippen molar-refractivity contribution in [2.45, 2.75) is 4.90 Å². The molecule has 23 heavy (non-hydrogen) atoms. The van der Waals surface area contributed by atoms with Crippen molar-refractivity contribution in [2.75, 3.05) is 5.32 Å². The Kier molecular flexibility index (Phi) is 4.34. The summed E-state index contributed by atoms with van der Waals surface area (Å²) in [6, 6.07) is 6.30. The second-order valence-electron chi connectivity index (χ2n) is 4.51. The lowest BCUT2D eigenvalue weighted by Gasteiger charge is -2.07. The molecule has 0 saturated heterocycles. The molecule has 2 aromatic carbocycles. The van der Waals surface area contributed by atoms with Gasteiger partial charge in [0.1, 0.15) is 5.75 Å². The van der Waals surface area contributed by atoms with E-state index in [1.54, 1.807) is 0 Å². The Hall–Kier alpha value is -2.91. The van der Waals surface area contributed by atoms with E-state index in [0.717, 1.165) is 18.2 Å². The predicted octanol–water partition coefficient (Wildman–Crippen LogP) is 1.37. The van der Waals surface area contributed by atoms with Crippen molar-refractivity contribution in [1.82, 2.24) is 0 Å². The van der Waals surface area contributed by atoms with E-state index in [1.165, 1.54) is 18.2 Å². The smallest absolute Gasteiger partial charge is 0.328 e. The summed E-state index contributed by atoms with van der Waals surface area (Å²) in [5.41, 5.74) is 0.254. The van der Waals surface area contributed by atoms with E-state index in [4.69, 9.17) is 9.66 Å². The Morgan fingerprint density at radius 2 is 1.78 bits per heavy atom. The van der Waals surface area contributed by atoms with Gasteiger partial charge in [-0.1, -0.05) is 0 Å². The van der Waals surface area contributed by atoms with Crippen molar-refractivity contribution in [3.8, 4) is 5.75 Å². The summed E-state index contributed by atoms with van der Waals surface area (Å²) in [5, 5.41) is 21.2. The third-order valence-electron chi connectivity index (χ3n) is 2.85. The van der Waals surface area contributed by atoms with Crippen molar-refractivity contribution in [1.29, 1.82) is 0 Å². The van der Waals surface area contributed by atoms with Crippen molar-refractivity contribution in [3.05, 3.63) is 42.5 Å². The zero-order chi connectivity index (χ0) is 17.2. The first-order chi connectivity index (χ1) is 10.7. The SMILES string of the molecule is O=C(O)/C=C/C(=O)Nc1ccc2c(O)cc(S(=O)(=O)O)cc2c1. The number of nitrogens with one attached hydrogen (secondary N) is 1. The number of benzene rings is 2. The van der Waals surface area contributed by atoms with Gasteiger partial charge in [-0.15, -0.1) is 0 Å². The number of anilines is 1. The van der Waals surface area contributed by atoms with E-state index < -0.39 is 26.9 Å². The molecule has 0 atom stereocenters. The number of rotatable bonds is 4. The molecular formula is C14H11NO7S. The Morgan fingerprint density at radius 3 is 2.39 bits per heavy atom. The quantitative estimate of drug-likeness (QED) is 0.487. The van der Waals surface area contributed by atoms with Crippen LogP contribution in [0.5, 0.6) is 5.75 Å². The molecule has 0 spiro atoms. The van der Waals surface area contributed by atoms with Gasteiger partial charge in [-0.2, -0.15) is 8.42 Å². The van der Waals surface area contributed by atoms with Gasteiger partial charge in [-0.25, -0.2) is 4.79 Å². The molecule has 4 N–H and O–H groups in total. The largest absolute Gasteiger partial charge is 0.507 e. The average Bonchev–Trinajstić information content (AvgIpc) is 2.43. The van der Waals surface area contributed by atoms with Gasteiger partial charge in [-0.05, 0) is 29.7 Å². The number of hydrogen-bond acceptors (Lipinski definition) is 5. The summed E-state index contributed by atoms with van der Waals surface area (Å²) in [4.78, 5) is 21.3. The van der Waals surface area contributed by atoms with Gasteiger partial charge >= 0.3 is 5.97 Å². The molecule has 8 nitrogen and oxygen atoms in total. The van der Waals surface area contributed by atoms with Crippen molar-refractivity contribution < 1.29 is 32.8 Å². The Morgan fingerprint density at radius 1 is 1.09 bits per heavy atom. The number of carbonyl (C=O) groups is 2. The molecule has 0 fully saturated rings. The second-order valence-corrected chi connectivity index (χ2v) is 5.94. The molecule has 0 unspecified atom stereocenters. The van der Waals surface area contributed by atoms with Crippen LogP contribution in [-0.2, 0) is 19.7 Å². The van der Waals surface area contributed by atoms with E-state index in [0.29, 0.717) is 11.5 Å². The van der Waals surface area contributed by atoms with Crippen LogP contribution in [0, 0.1) is 0 Å². The highest BCUT2D eigenvalue weighted by Crippen LogP contribution is 2.30. The number of aromatic hydroxyl groups is 1. The van der Waals surface area contributed by atoms with E-state index >= 15 is 0 Å². The summed E-state index contributed by atoms with van der Waals surface area (Å²) in [6.07, 6.45) is 1.48. The number of fused-ring (bicyclic) bond motifs is 1. The van der Waals surface area contributed by atoms with Crippen LogP contribution in [-0.4, -0.2) is 35.1 Å². The molecule has 0 aliphatic heterocycles. The maximum absolute atomic E-state index is 11.5. The summed E-state index contributed by atoms with van der Waals surface area (Å²) < 4.78 is 31.3. The van der Waals surface area contributed by atoms with Crippen LogP contribution in [0.25, 0.3) is 10.8 Å². The number of phenols is 1. The molecule has 2 aromatic rings. The number of carbonyl (C=O) groups excluding carboxylic acids is 1. The number of amides is 1. The predicted molar refractivity (Wildman–Crippen MR) is 80.8 cm³/mol. The van der Waals surface area contributed by atoms with Gasteiger partial charge in [0.2, 0.25) is 5.91 Å². The fraction of sp³-hybridized carbons (Fsp3) is 0. The van der Waals surface area contributed by atoms with Crippen molar-refractivity contribution >= 4 is 38.5 Å². The van der Waals surface area contributed by atoms with Crippen LogP contribution < -0.4 is 5.32 Å². The van der Waals surface area contributed by atoms with Crippen molar-refractivity contribution in [3.63, 3.8) is 0 Å². The standard InChI is InChI=1S/C14H11NO7S/c16-12-7-10(23(20,21)22)6-8-5-9(1-2-11(8)12)15-13(17)3-4-14(18)19/h1-7,16H,(H,15,17)(H,18,19)(H,20,21,22)/b4-3+. The van der Waals surface area contributed by atoms with Crippen LogP contribution in [0.3, 0.4) is 0 Å². The van der Waals surface area contributed by atoms with Gasteiger partial charge in [0.25, 0.3) is 10.1 Å². The normalized spacial score (nSPS) is 11.7. The molecule has 120 valence electrons. The van der Waals surface area contributed by atoms with Crippen molar-refractivity contribution in [2.24, 2.45) is 0 Å². The number of carboxylic acid groups (broad SMARTS) is 1. The molecule has 0 aromatic heterocycles. The minimum Gasteiger partial charge on any atom is -0.507 e. The highest BCUT2D eigenvalue weighted by molar-refractivity contribution is 7.85. The average molecular weight is 337 g/mol. The van der Waals surface area contributed by atoms with Gasteiger partial charge in [0, 0.05) is 29.3 Å². The highest BCUT2D eigenvalue weighted by Gasteiger charge is 2.13. The molecule has 0 radical (unpaired) electrons. The monoisotopic (exact) mass is 337 g/mol. The molecule has 1 amide bonds.